The van der Waals surface area contributed by atoms with Gasteiger partial charge in [0.25, 0.3) is 11.8 Å². The van der Waals surface area contributed by atoms with Crippen LogP contribution in [0.2, 0.25) is 0 Å². The highest BCUT2D eigenvalue weighted by molar-refractivity contribution is 9.09. The molecule has 2 aromatic carbocycles. The van der Waals surface area contributed by atoms with E-state index >= 15 is 0 Å². The third-order valence-corrected chi connectivity index (χ3v) is 8.22. The average molecular weight is 746 g/mol. The molecule has 1 heterocycles. The van der Waals surface area contributed by atoms with Gasteiger partial charge in [0.05, 0.1) is 17.8 Å². The highest BCUT2D eigenvalue weighted by Gasteiger charge is 2.41. The van der Waals surface area contributed by atoms with Crippen molar-refractivity contribution in [3.63, 3.8) is 0 Å². The predicted molar refractivity (Wildman–Crippen MR) is 186 cm³/mol. The Kier molecular flexibility index (Phi) is 14.1. The molecule has 2 aromatic rings. The van der Waals surface area contributed by atoms with E-state index in [0.717, 1.165) is 0 Å². The molecular formula is C34H45BrN6O8. The molecule has 0 aromatic heterocycles. The third-order valence-electron chi connectivity index (χ3n) is 7.74. The van der Waals surface area contributed by atoms with Gasteiger partial charge in [-0.2, -0.15) is 0 Å². The molecule has 1 fully saturated rings. The number of rotatable bonds is 15. The quantitative estimate of drug-likeness (QED) is 0.165. The maximum absolute atomic E-state index is 13.7. The van der Waals surface area contributed by atoms with Crippen molar-refractivity contribution in [1.82, 2.24) is 20.9 Å². The number of primary amides is 1. The van der Waals surface area contributed by atoms with Gasteiger partial charge in [0, 0.05) is 24.8 Å². The predicted octanol–water partition coefficient (Wildman–Crippen LogP) is 0.777. The molecule has 0 radical (unpaired) electrons. The minimum atomic E-state index is -1.76. The fourth-order valence-electron chi connectivity index (χ4n) is 5.29. The Bertz CT molecular complexity index is 1480. The van der Waals surface area contributed by atoms with Crippen LogP contribution in [0.1, 0.15) is 45.6 Å². The number of carbonyl (C=O) groups is 6. The lowest BCUT2D eigenvalue weighted by molar-refractivity contribution is -0.147. The Morgan fingerprint density at radius 2 is 1.69 bits per heavy atom. The van der Waals surface area contributed by atoms with E-state index in [9.17, 15) is 33.9 Å². The van der Waals surface area contributed by atoms with E-state index in [1.165, 1.54) is 9.80 Å². The Hall–Kier alpha value is -4.50. The molecule has 6 amide bonds. The molecule has 0 spiro atoms. The first-order valence-electron chi connectivity index (χ1n) is 15.9. The molecule has 1 saturated heterocycles. The Balaban J connectivity index is 1.73. The number of carbonyl (C=O) groups excluding carboxylic acids is 6. The van der Waals surface area contributed by atoms with Crippen LogP contribution in [0, 0.1) is 0 Å². The summed E-state index contributed by atoms with van der Waals surface area (Å²) in [6.45, 7) is 5.21. The molecule has 2 unspecified atom stereocenters. The summed E-state index contributed by atoms with van der Waals surface area (Å²) < 4.78 is 5.53. The van der Waals surface area contributed by atoms with Crippen LogP contribution in [-0.4, -0.2) is 101 Å². The number of amides is 6. The lowest BCUT2D eigenvalue weighted by atomic mass is 9.99. The number of hydrogen-bond donors (Lipinski definition) is 5. The van der Waals surface area contributed by atoms with Gasteiger partial charge in [0.1, 0.15) is 17.8 Å². The molecule has 1 aliphatic rings. The summed E-state index contributed by atoms with van der Waals surface area (Å²) in [6.07, 6.45) is -1.32. The second-order valence-electron chi connectivity index (χ2n) is 12.8. The molecule has 14 nitrogen and oxygen atoms in total. The van der Waals surface area contributed by atoms with Crippen LogP contribution in [0.5, 0.6) is 5.75 Å². The Morgan fingerprint density at radius 1 is 1.04 bits per heavy atom. The van der Waals surface area contributed by atoms with Crippen molar-refractivity contribution in [2.45, 2.75) is 76.2 Å². The largest absolute Gasteiger partial charge is 0.484 e. The SMILES string of the molecule is CN(C(=O)CBr)c1ccc(OCC(=O)N[C@@H](CC(N)=O)C(=O)NC(Cc2ccccc2)C(O)C(=O)N2CCC[C@H]2C(=O)NC(C)(C)C)cc1. The normalized spacial score (nSPS) is 16.1. The number of aliphatic hydroxyl groups excluding tert-OH is 1. The summed E-state index contributed by atoms with van der Waals surface area (Å²) >= 11 is 3.12. The number of ether oxygens (including phenoxy) is 1. The van der Waals surface area contributed by atoms with E-state index < -0.39 is 66.4 Å². The van der Waals surface area contributed by atoms with Crippen molar-refractivity contribution in [1.29, 1.82) is 0 Å². The number of likely N-dealkylation sites (tertiary alicyclic amines) is 1. The Labute approximate surface area is 294 Å². The molecule has 6 N–H and O–H groups in total. The van der Waals surface area contributed by atoms with Gasteiger partial charge >= 0.3 is 0 Å². The van der Waals surface area contributed by atoms with E-state index in [1.807, 2.05) is 20.8 Å². The standard InChI is InChI=1S/C34H45BrN6O8/c1-34(2,3)39-32(47)26-11-8-16-41(26)33(48)30(45)24(17-21-9-6-5-7-10-21)38-31(46)25(18-27(36)42)37-28(43)20-49-23-14-12-22(13-15-23)40(4)29(44)19-35/h5-7,9-10,12-15,24-26,30,45H,8,11,16-20H2,1-4H3,(H2,36,42)(H,37,43)(H,38,46)(H,39,47)/t24?,25-,26-,30?/m0/s1. The van der Waals surface area contributed by atoms with Gasteiger partial charge in [-0.05, 0) is 69.9 Å². The number of aliphatic hydroxyl groups is 1. The zero-order valence-corrected chi connectivity index (χ0v) is 29.7. The first-order valence-corrected chi connectivity index (χ1v) is 17.0. The van der Waals surface area contributed by atoms with Gasteiger partial charge in [0.2, 0.25) is 23.6 Å². The highest BCUT2D eigenvalue weighted by atomic mass is 79.9. The molecule has 3 rings (SSSR count). The van der Waals surface area contributed by atoms with E-state index in [-0.39, 0.29) is 30.1 Å². The van der Waals surface area contributed by atoms with E-state index in [0.29, 0.717) is 29.8 Å². The van der Waals surface area contributed by atoms with Gasteiger partial charge in [-0.1, -0.05) is 46.3 Å². The number of nitrogens with zero attached hydrogens (tertiary/aromatic N) is 2. The smallest absolute Gasteiger partial charge is 0.258 e. The first-order chi connectivity index (χ1) is 23.1. The number of alkyl halides is 1. The van der Waals surface area contributed by atoms with Crippen LogP contribution in [-0.2, 0) is 35.2 Å². The topological polar surface area (TPSA) is 200 Å². The van der Waals surface area contributed by atoms with Gasteiger partial charge < -0.3 is 41.3 Å². The number of anilines is 1. The molecule has 266 valence electrons. The van der Waals surface area contributed by atoms with Crippen LogP contribution in [0.25, 0.3) is 0 Å². The van der Waals surface area contributed by atoms with Gasteiger partial charge in [-0.15, -0.1) is 0 Å². The molecule has 0 bridgehead atoms. The molecule has 0 saturated carbocycles. The average Bonchev–Trinajstić information content (AvgIpc) is 3.55. The fraction of sp³-hybridized carbons (Fsp3) is 0.471. The lowest BCUT2D eigenvalue weighted by Gasteiger charge is -2.32. The van der Waals surface area contributed by atoms with Crippen molar-refractivity contribution >= 4 is 57.1 Å². The minimum absolute atomic E-state index is 0.0267. The van der Waals surface area contributed by atoms with Gasteiger partial charge in [0.15, 0.2) is 12.7 Å². The number of nitrogens with two attached hydrogens (primary N) is 1. The van der Waals surface area contributed by atoms with Gasteiger partial charge in [-0.25, -0.2) is 0 Å². The van der Waals surface area contributed by atoms with Gasteiger partial charge in [-0.3, -0.25) is 28.8 Å². The molecule has 0 aliphatic carbocycles. The lowest BCUT2D eigenvalue weighted by Crippen LogP contribution is -2.59. The first kappa shape index (κ1) is 38.9. The summed E-state index contributed by atoms with van der Waals surface area (Å²) in [7, 11) is 1.62. The highest BCUT2D eigenvalue weighted by Crippen LogP contribution is 2.22. The maximum atomic E-state index is 13.7. The van der Waals surface area contributed by atoms with Crippen molar-refractivity contribution in [3.05, 3.63) is 60.2 Å². The summed E-state index contributed by atoms with van der Waals surface area (Å²) in [4.78, 5) is 79.6. The molecule has 4 atom stereocenters. The van der Waals surface area contributed by atoms with Crippen molar-refractivity contribution < 1.29 is 38.6 Å². The van der Waals surface area contributed by atoms with E-state index in [2.05, 4.69) is 31.9 Å². The summed E-state index contributed by atoms with van der Waals surface area (Å²) in [5.41, 5.74) is 6.17. The molecule has 49 heavy (non-hydrogen) atoms. The zero-order chi connectivity index (χ0) is 36.3. The monoisotopic (exact) mass is 744 g/mol. The van der Waals surface area contributed by atoms with Crippen molar-refractivity contribution in [3.8, 4) is 5.75 Å². The summed E-state index contributed by atoms with van der Waals surface area (Å²) in [5.74, 6) is -3.38. The fourth-order valence-corrected chi connectivity index (χ4v) is 5.66. The van der Waals surface area contributed by atoms with Crippen LogP contribution in [0.15, 0.2) is 54.6 Å². The zero-order valence-electron chi connectivity index (χ0n) is 28.1. The van der Waals surface area contributed by atoms with Crippen LogP contribution in [0.4, 0.5) is 5.69 Å². The third kappa shape index (κ3) is 11.9. The van der Waals surface area contributed by atoms with Crippen LogP contribution < -0.4 is 31.3 Å². The molecule has 1 aliphatic heterocycles. The number of halogens is 1. The maximum Gasteiger partial charge on any atom is 0.258 e. The second kappa shape index (κ2) is 17.8. The van der Waals surface area contributed by atoms with Crippen molar-refractivity contribution in [2.75, 3.05) is 30.4 Å². The van der Waals surface area contributed by atoms with Crippen molar-refractivity contribution in [2.24, 2.45) is 5.73 Å². The van der Waals surface area contributed by atoms with Crippen LogP contribution in [0.3, 0.4) is 0 Å². The number of benzene rings is 2. The van der Waals surface area contributed by atoms with E-state index in [1.54, 1.807) is 61.6 Å². The number of nitrogens with one attached hydrogen (secondary N) is 3. The Morgan fingerprint density at radius 3 is 2.29 bits per heavy atom. The van der Waals surface area contributed by atoms with E-state index in [4.69, 9.17) is 10.5 Å². The second-order valence-corrected chi connectivity index (χ2v) is 13.4. The summed E-state index contributed by atoms with van der Waals surface area (Å²) in [6, 6.07) is 11.8. The van der Waals surface area contributed by atoms with Crippen LogP contribution >= 0.6 is 15.9 Å². The number of hydrogen-bond acceptors (Lipinski definition) is 8. The molecular weight excluding hydrogens is 700 g/mol. The summed E-state index contributed by atoms with van der Waals surface area (Å²) in [5, 5.41) is 19.5. The molecule has 15 heteroatoms. The minimum Gasteiger partial charge on any atom is -0.484 e.